The summed E-state index contributed by atoms with van der Waals surface area (Å²) in [6.07, 6.45) is 4.89. The Bertz CT molecular complexity index is 228. The molecule has 17 heavy (non-hydrogen) atoms. The average Bonchev–Trinajstić information content (AvgIpc) is 2.70. The lowest BCUT2D eigenvalue weighted by molar-refractivity contribution is 0.0898. The summed E-state index contributed by atoms with van der Waals surface area (Å²) in [5.74, 6) is 0. The SMILES string of the molecule is CCC1CCC(C)N1C(C)CC(C)(CO)NC. The first kappa shape index (κ1) is 14.9. The number of hydrogen-bond acceptors (Lipinski definition) is 3. The summed E-state index contributed by atoms with van der Waals surface area (Å²) in [7, 11) is 1.94. The standard InChI is InChI=1S/C14H30N2O/c1-6-13-8-7-11(2)16(13)12(3)9-14(4,10-17)15-5/h11-13,15,17H,6-10H2,1-5H3. The highest BCUT2D eigenvalue weighted by Crippen LogP contribution is 2.30. The van der Waals surface area contributed by atoms with Crippen LogP contribution in [0.25, 0.3) is 0 Å². The fraction of sp³-hybridized carbons (Fsp3) is 1.00. The minimum atomic E-state index is -0.153. The van der Waals surface area contributed by atoms with Gasteiger partial charge in [0.05, 0.1) is 6.61 Å². The van der Waals surface area contributed by atoms with Crippen molar-refractivity contribution in [3.05, 3.63) is 0 Å². The molecule has 0 bridgehead atoms. The minimum absolute atomic E-state index is 0.153. The fourth-order valence-corrected chi connectivity index (χ4v) is 3.30. The van der Waals surface area contributed by atoms with E-state index in [1.165, 1.54) is 19.3 Å². The summed E-state index contributed by atoms with van der Waals surface area (Å²) < 4.78 is 0. The van der Waals surface area contributed by atoms with E-state index >= 15 is 0 Å². The van der Waals surface area contributed by atoms with Gasteiger partial charge >= 0.3 is 0 Å². The Balaban J connectivity index is 2.65. The number of aliphatic hydroxyl groups excluding tert-OH is 1. The summed E-state index contributed by atoms with van der Waals surface area (Å²) in [6.45, 7) is 9.22. The Labute approximate surface area is 107 Å². The predicted molar refractivity (Wildman–Crippen MR) is 73.2 cm³/mol. The topological polar surface area (TPSA) is 35.5 Å². The van der Waals surface area contributed by atoms with Crippen LogP contribution in [-0.4, -0.2) is 47.3 Å². The van der Waals surface area contributed by atoms with E-state index in [0.717, 1.165) is 12.5 Å². The lowest BCUT2D eigenvalue weighted by Gasteiger charge is -2.39. The van der Waals surface area contributed by atoms with Crippen molar-refractivity contribution in [3.8, 4) is 0 Å². The van der Waals surface area contributed by atoms with Crippen molar-refractivity contribution in [1.29, 1.82) is 0 Å². The van der Waals surface area contributed by atoms with Gasteiger partial charge in [0.25, 0.3) is 0 Å². The van der Waals surface area contributed by atoms with Gasteiger partial charge in [-0.2, -0.15) is 0 Å². The highest BCUT2D eigenvalue weighted by molar-refractivity contribution is 4.92. The van der Waals surface area contributed by atoms with Crippen molar-refractivity contribution in [3.63, 3.8) is 0 Å². The molecule has 4 atom stereocenters. The Kier molecular flexibility index (Phi) is 5.42. The van der Waals surface area contributed by atoms with Gasteiger partial charge in [-0.3, -0.25) is 4.90 Å². The molecule has 0 spiro atoms. The van der Waals surface area contributed by atoms with Gasteiger partial charge in [0.15, 0.2) is 0 Å². The van der Waals surface area contributed by atoms with Crippen LogP contribution in [0.5, 0.6) is 0 Å². The van der Waals surface area contributed by atoms with E-state index < -0.39 is 0 Å². The van der Waals surface area contributed by atoms with Crippen molar-refractivity contribution in [1.82, 2.24) is 10.2 Å². The minimum Gasteiger partial charge on any atom is -0.394 e. The van der Waals surface area contributed by atoms with Crippen molar-refractivity contribution in [2.45, 2.75) is 77.0 Å². The predicted octanol–water partition coefficient (Wildman–Crippen LogP) is 2.00. The smallest absolute Gasteiger partial charge is 0.0611 e. The Morgan fingerprint density at radius 1 is 1.47 bits per heavy atom. The molecule has 1 saturated heterocycles. The second kappa shape index (κ2) is 6.17. The summed E-state index contributed by atoms with van der Waals surface area (Å²) in [5, 5.41) is 12.7. The van der Waals surface area contributed by atoms with Crippen molar-refractivity contribution < 1.29 is 5.11 Å². The molecule has 0 saturated carbocycles. The monoisotopic (exact) mass is 242 g/mol. The third-order valence-corrected chi connectivity index (χ3v) is 4.53. The molecule has 0 radical (unpaired) electrons. The first-order valence-electron chi connectivity index (χ1n) is 7.04. The van der Waals surface area contributed by atoms with Gasteiger partial charge in [-0.05, 0) is 53.5 Å². The molecule has 1 aliphatic heterocycles. The van der Waals surface area contributed by atoms with Gasteiger partial charge in [-0.25, -0.2) is 0 Å². The Hall–Kier alpha value is -0.120. The van der Waals surface area contributed by atoms with E-state index in [0.29, 0.717) is 12.1 Å². The van der Waals surface area contributed by atoms with Crippen LogP contribution in [0.1, 0.15) is 53.4 Å². The van der Waals surface area contributed by atoms with Crippen LogP contribution < -0.4 is 5.32 Å². The number of hydrogen-bond donors (Lipinski definition) is 2. The number of aliphatic hydroxyl groups is 1. The van der Waals surface area contributed by atoms with E-state index in [2.05, 4.69) is 37.9 Å². The molecule has 2 N–H and O–H groups in total. The second-order valence-corrected chi connectivity index (χ2v) is 5.96. The van der Waals surface area contributed by atoms with Crippen LogP contribution in [0.3, 0.4) is 0 Å². The molecule has 102 valence electrons. The van der Waals surface area contributed by atoms with Crippen LogP contribution in [0, 0.1) is 0 Å². The van der Waals surface area contributed by atoms with Crippen LogP contribution in [0.4, 0.5) is 0 Å². The van der Waals surface area contributed by atoms with Gasteiger partial charge in [0, 0.05) is 23.7 Å². The molecule has 1 aliphatic rings. The zero-order chi connectivity index (χ0) is 13.1. The lowest BCUT2D eigenvalue weighted by atomic mass is 9.93. The zero-order valence-electron chi connectivity index (χ0n) is 12.2. The van der Waals surface area contributed by atoms with Gasteiger partial charge in [0.2, 0.25) is 0 Å². The number of nitrogens with one attached hydrogen (secondary N) is 1. The Morgan fingerprint density at radius 3 is 2.59 bits per heavy atom. The van der Waals surface area contributed by atoms with E-state index in [4.69, 9.17) is 0 Å². The third kappa shape index (κ3) is 3.43. The van der Waals surface area contributed by atoms with Crippen LogP contribution in [0.2, 0.25) is 0 Å². The fourth-order valence-electron chi connectivity index (χ4n) is 3.30. The van der Waals surface area contributed by atoms with E-state index in [1.54, 1.807) is 0 Å². The summed E-state index contributed by atoms with van der Waals surface area (Å²) in [4.78, 5) is 2.66. The maximum absolute atomic E-state index is 9.48. The van der Waals surface area contributed by atoms with E-state index in [-0.39, 0.29) is 12.1 Å². The van der Waals surface area contributed by atoms with Crippen molar-refractivity contribution >= 4 is 0 Å². The van der Waals surface area contributed by atoms with E-state index in [1.807, 2.05) is 7.05 Å². The van der Waals surface area contributed by atoms with Gasteiger partial charge < -0.3 is 10.4 Å². The first-order chi connectivity index (χ1) is 7.97. The summed E-state index contributed by atoms with van der Waals surface area (Å²) in [6, 6.07) is 1.96. The molecule has 4 unspecified atom stereocenters. The molecule has 3 heteroatoms. The van der Waals surface area contributed by atoms with Gasteiger partial charge in [0.1, 0.15) is 0 Å². The molecule has 3 nitrogen and oxygen atoms in total. The molecule has 0 aromatic carbocycles. The van der Waals surface area contributed by atoms with Crippen LogP contribution >= 0.6 is 0 Å². The van der Waals surface area contributed by atoms with Crippen LogP contribution in [0.15, 0.2) is 0 Å². The van der Waals surface area contributed by atoms with Gasteiger partial charge in [-0.1, -0.05) is 6.92 Å². The number of likely N-dealkylation sites (tertiary alicyclic amines) is 1. The molecule has 1 fully saturated rings. The van der Waals surface area contributed by atoms with E-state index in [9.17, 15) is 5.11 Å². The molecular weight excluding hydrogens is 212 g/mol. The largest absolute Gasteiger partial charge is 0.394 e. The maximum atomic E-state index is 9.48. The molecule has 1 heterocycles. The molecule has 0 aromatic heterocycles. The highest BCUT2D eigenvalue weighted by atomic mass is 16.3. The second-order valence-electron chi connectivity index (χ2n) is 5.96. The number of likely N-dealkylation sites (N-methyl/N-ethyl adjacent to an activating group) is 1. The van der Waals surface area contributed by atoms with Crippen molar-refractivity contribution in [2.24, 2.45) is 0 Å². The lowest BCUT2D eigenvalue weighted by Crippen LogP contribution is -2.51. The maximum Gasteiger partial charge on any atom is 0.0611 e. The number of nitrogens with zero attached hydrogens (tertiary/aromatic N) is 1. The normalized spacial score (nSPS) is 31.4. The Morgan fingerprint density at radius 2 is 2.12 bits per heavy atom. The average molecular weight is 242 g/mol. The highest BCUT2D eigenvalue weighted by Gasteiger charge is 2.35. The van der Waals surface area contributed by atoms with Crippen molar-refractivity contribution in [2.75, 3.05) is 13.7 Å². The molecule has 1 rings (SSSR count). The molecular formula is C14H30N2O. The quantitative estimate of drug-likeness (QED) is 0.748. The molecule has 0 amide bonds. The molecule has 0 aliphatic carbocycles. The summed E-state index contributed by atoms with van der Waals surface area (Å²) in [5.41, 5.74) is -0.153. The van der Waals surface area contributed by atoms with Gasteiger partial charge in [-0.15, -0.1) is 0 Å². The zero-order valence-corrected chi connectivity index (χ0v) is 12.2. The third-order valence-electron chi connectivity index (χ3n) is 4.53. The summed E-state index contributed by atoms with van der Waals surface area (Å²) >= 11 is 0. The number of rotatable bonds is 6. The first-order valence-corrected chi connectivity index (χ1v) is 7.04. The molecule has 0 aromatic rings. The van der Waals surface area contributed by atoms with Crippen LogP contribution in [-0.2, 0) is 0 Å².